The molecule has 150 valence electrons. The summed E-state index contributed by atoms with van der Waals surface area (Å²) in [6.07, 6.45) is 1.17. The van der Waals surface area contributed by atoms with E-state index in [9.17, 15) is 14.4 Å². The highest BCUT2D eigenvalue weighted by Crippen LogP contribution is 2.17. The number of amides is 3. The fourth-order valence-corrected chi connectivity index (χ4v) is 3.46. The monoisotopic (exact) mass is 398 g/mol. The number of nitrogens with one attached hydrogen (secondary N) is 2. The first-order chi connectivity index (χ1) is 12.9. The van der Waals surface area contributed by atoms with E-state index >= 15 is 0 Å². The van der Waals surface area contributed by atoms with Crippen molar-refractivity contribution in [3.63, 3.8) is 0 Å². The maximum absolute atomic E-state index is 12.4. The van der Waals surface area contributed by atoms with Crippen LogP contribution in [0.15, 0.2) is 10.6 Å². The van der Waals surface area contributed by atoms with E-state index < -0.39 is 11.3 Å². The molecule has 1 aliphatic heterocycles. The summed E-state index contributed by atoms with van der Waals surface area (Å²) in [5, 5.41) is 8.73. The van der Waals surface area contributed by atoms with Crippen molar-refractivity contribution in [1.82, 2.24) is 15.4 Å². The number of alkyl carbamates (subject to hydrolysis) is 1. The molecule has 0 aromatic carbocycles. The van der Waals surface area contributed by atoms with Gasteiger partial charge in [-0.1, -0.05) is 5.16 Å². The van der Waals surface area contributed by atoms with E-state index in [4.69, 9.17) is 9.26 Å². The van der Waals surface area contributed by atoms with Gasteiger partial charge in [-0.25, -0.2) is 4.79 Å². The molecule has 10 heteroatoms. The number of aryl methyl sites for hydroxylation is 1. The highest BCUT2D eigenvalue weighted by Gasteiger charge is 2.26. The maximum Gasteiger partial charge on any atom is 0.407 e. The van der Waals surface area contributed by atoms with Crippen LogP contribution in [0.5, 0.6) is 0 Å². The van der Waals surface area contributed by atoms with Gasteiger partial charge >= 0.3 is 6.09 Å². The van der Waals surface area contributed by atoms with Crippen LogP contribution >= 0.6 is 11.8 Å². The van der Waals surface area contributed by atoms with E-state index in [2.05, 4.69) is 15.8 Å². The second-order valence-corrected chi connectivity index (χ2v) is 7.64. The van der Waals surface area contributed by atoms with Crippen molar-refractivity contribution in [3.8, 4) is 0 Å². The zero-order valence-electron chi connectivity index (χ0n) is 15.8. The van der Waals surface area contributed by atoms with Crippen LogP contribution in [0.25, 0.3) is 0 Å². The number of rotatable bonds is 7. The molecule has 0 saturated carbocycles. The zero-order valence-corrected chi connectivity index (χ0v) is 16.6. The third-order valence-electron chi connectivity index (χ3n) is 4.08. The van der Waals surface area contributed by atoms with Crippen LogP contribution in [0, 0.1) is 6.92 Å². The fraction of sp³-hybridized carbons (Fsp3) is 0.647. The predicted octanol–water partition coefficient (Wildman–Crippen LogP) is 1.78. The number of piperidine rings is 1. The van der Waals surface area contributed by atoms with Gasteiger partial charge in [0.05, 0.1) is 17.6 Å². The zero-order chi connectivity index (χ0) is 19.8. The topological polar surface area (TPSA) is 114 Å². The summed E-state index contributed by atoms with van der Waals surface area (Å²) in [6.45, 7) is 6.64. The summed E-state index contributed by atoms with van der Waals surface area (Å²) in [4.78, 5) is 37.8. The van der Waals surface area contributed by atoms with Gasteiger partial charge < -0.3 is 24.8 Å². The molecule has 1 saturated heterocycles. The standard InChI is InChI=1S/C17H26N4O5S/c1-4-25-17(24)18-13-6-5-7-21(9-13)15(22)10-27-12(3)16(23)19-14-8-11(2)26-20-14/h8,12-13H,4-7,9-10H2,1-3H3,(H,18,24)(H,19,20,23)/t12-,13+/m0/s1. The van der Waals surface area contributed by atoms with Crippen LogP contribution in [0.3, 0.4) is 0 Å². The summed E-state index contributed by atoms with van der Waals surface area (Å²) in [5.41, 5.74) is 0. The van der Waals surface area contributed by atoms with Crippen molar-refractivity contribution in [2.75, 3.05) is 30.8 Å². The smallest absolute Gasteiger partial charge is 0.407 e. The average Bonchev–Trinajstić information content (AvgIpc) is 3.04. The highest BCUT2D eigenvalue weighted by atomic mass is 32.2. The third kappa shape index (κ3) is 6.78. The minimum Gasteiger partial charge on any atom is -0.450 e. The lowest BCUT2D eigenvalue weighted by atomic mass is 10.1. The number of carbonyl (C=O) groups excluding carboxylic acids is 3. The van der Waals surface area contributed by atoms with E-state index in [0.29, 0.717) is 31.3 Å². The fourth-order valence-electron chi connectivity index (χ4n) is 2.68. The van der Waals surface area contributed by atoms with Gasteiger partial charge in [0, 0.05) is 25.2 Å². The van der Waals surface area contributed by atoms with Crippen molar-refractivity contribution < 1.29 is 23.6 Å². The van der Waals surface area contributed by atoms with Crippen molar-refractivity contribution in [2.24, 2.45) is 0 Å². The Kier molecular flexibility index (Phi) is 7.96. The molecule has 2 atom stereocenters. The van der Waals surface area contributed by atoms with Gasteiger partial charge in [0.1, 0.15) is 5.76 Å². The summed E-state index contributed by atoms with van der Waals surface area (Å²) in [5.74, 6) is 0.879. The molecule has 2 N–H and O–H groups in total. The Hall–Kier alpha value is -2.23. The lowest BCUT2D eigenvalue weighted by Crippen LogP contribution is -2.50. The third-order valence-corrected chi connectivity index (χ3v) is 5.20. The SMILES string of the molecule is CCOC(=O)N[C@@H]1CCCN(C(=O)CS[C@@H](C)C(=O)Nc2cc(C)on2)C1. The number of ether oxygens (including phenoxy) is 1. The molecule has 0 bridgehead atoms. The lowest BCUT2D eigenvalue weighted by Gasteiger charge is -2.33. The number of likely N-dealkylation sites (tertiary alicyclic amines) is 1. The molecule has 3 amide bonds. The Morgan fingerprint density at radius 3 is 2.93 bits per heavy atom. The predicted molar refractivity (Wildman–Crippen MR) is 102 cm³/mol. The molecule has 0 spiro atoms. The molecule has 9 nitrogen and oxygen atoms in total. The van der Waals surface area contributed by atoms with Gasteiger partial charge in [0.25, 0.3) is 0 Å². The number of hydrogen-bond acceptors (Lipinski definition) is 7. The number of nitrogens with zero attached hydrogens (tertiary/aromatic N) is 2. The second-order valence-electron chi connectivity index (χ2n) is 6.31. The number of hydrogen-bond donors (Lipinski definition) is 2. The van der Waals surface area contributed by atoms with Gasteiger partial charge in [0.2, 0.25) is 11.8 Å². The second kappa shape index (κ2) is 10.2. The first-order valence-corrected chi connectivity index (χ1v) is 10.0. The Morgan fingerprint density at radius 2 is 2.26 bits per heavy atom. The van der Waals surface area contributed by atoms with Crippen LogP contribution in [0.4, 0.5) is 10.6 Å². The largest absolute Gasteiger partial charge is 0.450 e. The average molecular weight is 398 g/mol. The quantitative estimate of drug-likeness (QED) is 0.719. The van der Waals surface area contributed by atoms with Crippen LogP contribution in [-0.2, 0) is 14.3 Å². The molecule has 0 unspecified atom stereocenters. The molecule has 0 radical (unpaired) electrons. The minimum atomic E-state index is -0.459. The van der Waals surface area contributed by atoms with Crippen LogP contribution in [-0.4, -0.2) is 64.7 Å². The van der Waals surface area contributed by atoms with Crippen molar-refractivity contribution >= 4 is 35.5 Å². The number of anilines is 1. The Labute approximate surface area is 162 Å². The highest BCUT2D eigenvalue weighted by molar-refractivity contribution is 8.01. The lowest BCUT2D eigenvalue weighted by molar-refractivity contribution is -0.129. The summed E-state index contributed by atoms with van der Waals surface area (Å²) >= 11 is 1.26. The van der Waals surface area contributed by atoms with Gasteiger partial charge in [-0.15, -0.1) is 11.8 Å². The van der Waals surface area contributed by atoms with Crippen LogP contribution < -0.4 is 10.6 Å². The van der Waals surface area contributed by atoms with Crippen LogP contribution in [0.1, 0.15) is 32.4 Å². The van der Waals surface area contributed by atoms with E-state index in [1.54, 1.807) is 31.7 Å². The number of thioether (sulfide) groups is 1. The minimum absolute atomic E-state index is 0.0488. The normalized spacial score (nSPS) is 17.9. The Bertz CT molecular complexity index is 666. The van der Waals surface area contributed by atoms with Crippen molar-refractivity contribution in [3.05, 3.63) is 11.8 Å². The molecular weight excluding hydrogens is 372 g/mol. The molecule has 0 aliphatic carbocycles. The van der Waals surface area contributed by atoms with E-state index in [1.165, 1.54) is 11.8 Å². The van der Waals surface area contributed by atoms with Gasteiger partial charge in [-0.2, -0.15) is 0 Å². The maximum atomic E-state index is 12.4. The van der Waals surface area contributed by atoms with Gasteiger partial charge in [-0.05, 0) is 33.6 Å². The first kappa shape index (κ1) is 21.1. The van der Waals surface area contributed by atoms with Crippen molar-refractivity contribution in [1.29, 1.82) is 0 Å². The molecule has 2 heterocycles. The molecule has 1 aliphatic rings. The molecule has 27 heavy (non-hydrogen) atoms. The van der Waals surface area contributed by atoms with Gasteiger partial charge in [0.15, 0.2) is 5.82 Å². The van der Waals surface area contributed by atoms with E-state index in [1.807, 2.05) is 0 Å². The van der Waals surface area contributed by atoms with Gasteiger partial charge in [-0.3, -0.25) is 9.59 Å². The molecule has 1 fully saturated rings. The summed E-state index contributed by atoms with van der Waals surface area (Å²) in [6, 6.07) is 1.52. The van der Waals surface area contributed by atoms with E-state index in [-0.39, 0.29) is 23.6 Å². The first-order valence-electron chi connectivity index (χ1n) is 8.96. The van der Waals surface area contributed by atoms with Crippen molar-refractivity contribution in [2.45, 2.75) is 44.9 Å². The van der Waals surface area contributed by atoms with Crippen LogP contribution in [0.2, 0.25) is 0 Å². The molecule has 2 rings (SSSR count). The number of aromatic nitrogens is 1. The molecule has 1 aromatic heterocycles. The Morgan fingerprint density at radius 1 is 1.48 bits per heavy atom. The van der Waals surface area contributed by atoms with E-state index in [0.717, 1.165) is 12.8 Å². The molecular formula is C17H26N4O5S. The summed E-state index contributed by atoms with van der Waals surface area (Å²) < 4.78 is 9.79. The molecule has 1 aromatic rings. The number of carbonyl (C=O) groups is 3. The Balaban J connectivity index is 1.75. The summed E-state index contributed by atoms with van der Waals surface area (Å²) in [7, 11) is 0.